The fourth-order valence-corrected chi connectivity index (χ4v) is 2.14. The Bertz CT molecular complexity index is 392. The second kappa shape index (κ2) is 6.74. The van der Waals surface area contributed by atoms with Crippen LogP contribution in [-0.4, -0.2) is 22.9 Å². The van der Waals surface area contributed by atoms with E-state index in [2.05, 4.69) is 11.9 Å². The molecule has 0 saturated heterocycles. The SMILES string of the molecule is C=CC(=O)O.O=C1C=C(C2CCCCC2)C(=O)N1. The molecule has 5 heteroatoms. The highest BCUT2D eigenvalue weighted by Gasteiger charge is 2.28. The molecule has 2 amide bonds. The number of aliphatic carboxylic acids is 1. The van der Waals surface area contributed by atoms with Gasteiger partial charge in [0.2, 0.25) is 0 Å². The van der Waals surface area contributed by atoms with Crippen LogP contribution in [0, 0.1) is 5.92 Å². The molecule has 0 atom stereocenters. The van der Waals surface area contributed by atoms with Crippen molar-refractivity contribution >= 4 is 17.8 Å². The van der Waals surface area contributed by atoms with Gasteiger partial charge in [-0.05, 0) is 18.8 Å². The normalized spacial score (nSPS) is 19.4. The fraction of sp³-hybridized carbons (Fsp3) is 0.462. The minimum absolute atomic E-state index is 0.170. The number of carboxylic acids is 1. The zero-order valence-corrected chi connectivity index (χ0v) is 10.1. The third-order valence-corrected chi connectivity index (χ3v) is 3.01. The Morgan fingerprint density at radius 3 is 2.28 bits per heavy atom. The van der Waals surface area contributed by atoms with Crippen LogP contribution < -0.4 is 5.32 Å². The molecule has 0 radical (unpaired) electrons. The van der Waals surface area contributed by atoms with Crippen molar-refractivity contribution in [2.45, 2.75) is 32.1 Å². The number of carboxylic acid groups (broad SMARTS) is 1. The average molecular weight is 251 g/mol. The van der Waals surface area contributed by atoms with Crippen molar-refractivity contribution in [2.75, 3.05) is 0 Å². The summed E-state index contributed by atoms with van der Waals surface area (Å²) in [5.41, 5.74) is 0.713. The van der Waals surface area contributed by atoms with Gasteiger partial charge < -0.3 is 5.11 Å². The molecule has 0 bridgehead atoms. The van der Waals surface area contributed by atoms with Gasteiger partial charge in [0.15, 0.2) is 0 Å². The Balaban J connectivity index is 0.000000280. The maximum absolute atomic E-state index is 11.3. The first-order valence-electron chi connectivity index (χ1n) is 5.97. The molecule has 18 heavy (non-hydrogen) atoms. The fourth-order valence-electron chi connectivity index (χ4n) is 2.14. The van der Waals surface area contributed by atoms with E-state index in [4.69, 9.17) is 5.11 Å². The molecule has 5 nitrogen and oxygen atoms in total. The summed E-state index contributed by atoms with van der Waals surface area (Å²) in [7, 11) is 0. The minimum Gasteiger partial charge on any atom is -0.478 e. The number of carbonyl (C=O) groups is 3. The lowest BCUT2D eigenvalue weighted by molar-refractivity contribution is -0.131. The summed E-state index contributed by atoms with van der Waals surface area (Å²) in [5.74, 6) is -1.06. The highest BCUT2D eigenvalue weighted by Crippen LogP contribution is 2.30. The van der Waals surface area contributed by atoms with Crippen molar-refractivity contribution in [3.05, 3.63) is 24.3 Å². The highest BCUT2D eigenvalue weighted by molar-refractivity contribution is 6.16. The van der Waals surface area contributed by atoms with Gasteiger partial charge in [0.05, 0.1) is 0 Å². The molecule has 2 N–H and O–H groups in total. The Labute approximate surface area is 106 Å². The first-order chi connectivity index (χ1) is 8.54. The number of carbonyl (C=O) groups excluding carboxylic acids is 2. The molecule has 2 rings (SSSR count). The molecule has 98 valence electrons. The summed E-state index contributed by atoms with van der Waals surface area (Å²) in [6, 6.07) is 0. The van der Waals surface area contributed by atoms with E-state index in [0.717, 1.165) is 18.9 Å². The molecule has 0 unspecified atom stereocenters. The van der Waals surface area contributed by atoms with Crippen LogP contribution in [0.3, 0.4) is 0 Å². The number of imide groups is 1. The van der Waals surface area contributed by atoms with Gasteiger partial charge in [-0.1, -0.05) is 25.8 Å². The van der Waals surface area contributed by atoms with Gasteiger partial charge in [0.1, 0.15) is 0 Å². The van der Waals surface area contributed by atoms with Crippen molar-refractivity contribution in [3.63, 3.8) is 0 Å². The Kier molecular flexibility index (Phi) is 5.30. The lowest BCUT2D eigenvalue weighted by Gasteiger charge is -2.21. The largest absolute Gasteiger partial charge is 0.478 e. The summed E-state index contributed by atoms with van der Waals surface area (Å²) in [6.45, 7) is 2.96. The Morgan fingerprint density at radius 2 is 1.89 bits per heavy atom. The molecule has 1 fully saturated rings. The van der Waals surface area contributed by atoms with Gasteiger partial charge in [-0.3, -0.25) is 14.9 Å². The third-order valence-electron chi connectivity index (χ3n) is 3.01. The highest BCUT2D eigenvalue weighted by atomic mass is 16.4. The summed E-state index contributed by atoms with van der Waals surface area (Å²) in [4.78, 5) is 31.4. The topological polar surface area (TPSA) is 83.5 Å². The van der Waals surface area contributed by atoms with Gasteiger partial charge >= 0.3 is 5.97 Å². The van der Waals surface area contributed by atoms with E-state index in [1.165, 1.54) is 25.3 Å². The summed E-state index contributed by atoms with van der Waals surface area (Å²) >= 11 is 0. The molecule has 0 aromatic carbocycles. The van der Waals surface area contributed by atoms with Crippen molar-refractivity contribution in [1.29, 1.82) is 0 Å². The van der Waals surface area contributed by atoms with Gasteiger partial charge in [0.25, 0.3) is 11.8 Å². The van der Waals surface area contributed by atoms with Gasteiger partial charge in [-0.15, -0.1) is 0 Å². The zero-order chi connectivity index (χ0) is 13.5. The molecule has 0 aromatic rings. The first-order valence-corrected chi connectivity index (χ1v) is 5.97. The van der Waals surface area contributed by atoms with Crippen molar-refractivity contribution in [3.8, 4) is 0 Å². The number of amides is 2. The van der Waals surface area contributed by atoms with E-state index in [1.807, 2.05) is 0 Å². The predicted molar refractivity (Wildman–Crippen MR) is 65.6 cm³/mol. The number of nitrogens with one attached hydrogen (secondary N) is 1. The number of rotatable bonds is 2. The lowest BCUT2D eigenvalue weighted by atomic mass is 9.84. The minimum atomic E-state index is -0.981. The molecular formula is C13H17NO4. The standard InChI is InChI=1S/C10H13NO2.C3H4O2/c12-9-6-8(10(13)11-9)7-4-2-1-3-5-7;1-2-3(4)5/h6-7H,1-5H2,(H,11,12,13);2H,1H2,(H,4,5). The van der Waals surface area contributed by atoms with Crippen LogP contribution in [0.5, 0.6) is 0 Å². The quantitative estimate of drug-likeness (QED) is 0.574. The van der Waals surface area contributed by atoms with Crippen LogP contribution in [0.4, 0.5) is 0 Å². The molecule has 2 aliphatic rings. The van der Waals surface area contributed by atoms with Crippen LogP contribution >= 0.6 is 0 Å². The van der Waals surface area contributed by atoms with Crippen LogP contribution in [0.25, 0.3) is 0 Å². The number of hydrogen-bond acceptors (Lipinski definition) is 3. The van der Waals surface area contributed by atoms with Crippen LogP contribution in [0.15, 0.2) is 24.3 Å². The van der Waals surface area contributed by atoms with E-state index in [9.17, 15) is 14.4 Å². The molecule has 1 saturated carbocycles. The third kappa shape index (κ3) is 4.16. The summed E-state index contributed by atoms with van der Waals surface area (Å²) < 4.78 is 0. The second-order valence-corrected chi connectivity index (χ2v) is 4.30. The first kappa shape index (κ1) is 14.2. The van der Waals surface area contributed by atoms with E-state index in [-0.39, 0.29) is 11.8 Å². The number of hydrogen-bond donors (Lipinski definition) is 2. The lowest BCUT2D eigenvalue weighted by Crippen LogP contribution is -2.24. The van der Waals surface area contributed by atoms with Crippen LogP contribution in [-0.2, 0) is 14.4 Å². The molecule has 0 aromatic heterocycles. The van der Waals surface area contributed by atoms with E-state index in [1.54, 1.807) is 0 Å². The maximum atomic E-state index is 11.3. The maximum Gasteiger partial charge on any atom is 0.327 e. The predicted octanol–water partition coefficient (Wildman–Crippen LogP) is 1.41. The van der Waals surface area contributed by atoms with Gasteiger partial charge in [0, 0.05) is 17.7 Å². The van der Waals surface area contributed by atoms with Crippen molar-refractivity contribution < 1.29 is 19.5 Å². The van der Waals surface area contributed by atoms with Crippen LogP contribution in [0.2, 0.25) is 0 Å². The average Bonchev–Trinajstić information content (AvgIpc) is 2.70. The summed E-state index contributed by atoms with van der Waals surface area (Å²) in [5, 5.41) is 9.90. The Morgan fingerprint density at radius 1 is 1.33 bits per heavy atom. The van der Waals surface area contributed by atoms with E-state index >= 15 is 0 Å². The second-order valence-electron chi connectivity index (χ2n) is 4.30. The van der Waals surface area contributed by atoms with Crippen LogP contribution in [0.1, 0.15) is 32.1 Å². The van der Waals surface area contributed by atoms with E-state index in [0.29, 0.717) is 11.5 Å². The van der Waals surface area contributed by atoms with E-state index < -0.39 is 5.97 Å². The smallest absolute Gasteiger partial charge is 0.327 e. The van der Waals surface area contributed by atoms with Gasteiger partial charge in [-0.2, -0.15) is 0 Å². The van der Waals surface area contributed by atoms with Crippen molar-refractivity contribution in [1.82, 2.24) is 5.32 Å². The molecule has 0 spiro atoms. The van der Waals surface area contributed by atoms with Crippen molar-refractivity contribution in [2.24, 2.45) is 5.92 Å². The Hall–Kier alpha value is -1.91. The monoisotopic (exact) mass is 251 g/mol. The molecule has 1 aliphatic heterocycles. The molecular weight excluding hydrogens is 234 g/mol. The zero-order valence-electron chi connectivity index (χ0n) is 10.1. The summed E-state index contributed by atoms with van der Waals surface area (Å²) in [6.07, 6.45) is 8.06. The molecule has 1 heterocycles. The van der Waals surface area contributed by atoms with Gasteiger partial charge in [-0.25, -0.2) is 4.79 Å². The molecule has 1 aliphatic carbocycles.